The molecule has 0 aliphatic rings. The lowest BCUT2D eigenvalue weighted by molar-refractivity contribution is 0.485. The molecular weight excluding hydrogens is 265 g/mol. The Morgan fingerprint density at radius 2 is 2.05 bits per heavy atom. The maximum atomic E-state index is 14.2. The second-order valence-electron chi connectivity index (χ2n) is 5.64. The SMILES string of the molecule is CCCNC(Cc1cc(C)nn1C)c1cc(C)ccc1F. The van der Waals surface area contributed by atoms with E-state index >= 15 is 0 Å². The van der Waals surface area contributed by atoms with Gasteiger partial charge in [0.1, 0.15) is 5.82 Å². The van der Waals surface area contributed by atoms with Gasteiger partial charge in [-0.3, -0.25) is 4.68 Å². The maximum absolute atomic E-state index is 14.2. The predicted octanol–water partition coefficient (Wildman–Crippen LogP) is 3.46. The van der Waals surface area contributed by atoms with Crippen LogP contribution in [0.15, 0.2) is 24.3 Å². The van der Waals surface area contributed by atoms with Gasteiger partial charge in [-0.25, -0.2) is 4.39 Å². The fourth-order valence-electron chi connectivity index (χ4n) is 2.61. The summed E-state index contributed by atoms with van der Waals surface area (Å²) in [6.07, 6.45) is 1.76. The number of halogens is 1. The van der Waals surface area contributed by atoms with Crippen molar-refractivity contribution in [1.29, 1.82) is 0 Å². The van der Waals surface area contributed by atoms with E-state index in [0.29, 0.717) is 0 Å². The van der Waals surface area contributed by atoms with Crippen LogP contribution in [0, 0.1) is 19.7 Å². The molecule has 0 fully saturated rings. The number of nitrogens with zero attached hydrogens (tertiary/aromatic N) is 2. The van der Waals surface area contributed by atoms with E-state index in [1.165, 1.54) is 0 Å². The molecule has 1 aromatic heterocycles. The summed E-state index contributed by atoms with van der Waals surface area (Å²) in [7, 11) is 1.94. The van der Waals surface area contributed by atoms with Crippen LogP contribution in [0.5, 0.6) is 0 Å². The number of aromatic nitrogens is 2. The van der Waals surface area contributed by atoms with Crippen molar-refractivity contribution >= 4 is 0 Å². The van der Waals surface area contributed by atoms with Crippen molar-refractivity contribution in [3.05, 3.63) is 52.6 Å². The highest BCUT2D eigenvalue weighted by Gasteiger charge is 2.18. The average molecular weight is 289 g/mol. The van der Waals surface area contributed by atoms with Crippen LogP contribution in [0.2, 0.25) is 0 Å². The quantitative estimate of drug-likeness (QED) is 0.882. The fraction of sp³-hybridized carbons (Fsp3) is 0.471. The van der Waals surface area contributed by atoms with E-state index in [0.717, 1.165) is 41.9 Å². The second kappa shape index (κ2) is 6.85. The molecule has 0 aliphatic heterocycles. The Morgan fingerprint density at radius 1 is 1.29 bits per heavy atom. The molecule has 114 valence electrons. The van der Waals surface area contributed by atoms with Gasteiger partial charge in [0.2, 0.25) is 0 Å². The van der Waals surface area contributed by atoms with Crippen molar-refractivity contribution in [2.24, 2.45) is 7.05 Å². The predicted molar refractivity (Wildman–Crippen MR) is 83.8 cm³/mol. The Bertz CT molecular complexity index is 604. The van der Waals surface area contributed by atoms with Crippen LogP contribution < -0.4 is 5.32 Å². The number of aryl methyl sites for hydroxylation is 3. The van der Waals surface area contributed by atoms with Crippen molar-refractivity contribution in [3.63, 3.8) is 0 Å². The standard InChI is InChI=1S/C17H24FN3/c1-5-8-19-17(11-14-10-13(3)20-21(14)4)15-9-12(2)6-7-16(15)18/h6-7,9-10,17,19H,5,8,11H2,1-4H3. The summed E-state index contributed by atoms with van der Waals surface area (Å²) < 4.78 is 16.1. The molecule has 4 heteroatoms. The highest BCUT2D eigenvalue weighted by atomic mass is 19.1. The van der Waals surface area contributed by atoms with Crippen LogP contribution >= 0.6 is 0 Å². The topological polar surface area (TPSA) is 29.9 Å². The van der Waals surface area contributed by atoms with Crippen LogP contribution in [-0.4, -0.2) is 16.3 Å². The van der Waals surface area contributed by atoms with Gasteiger partial charge >= 0.3 is 0 Å². The van der Waals surface area contributed by atoms with Crippen molar-refractivity contribution in [3.8, 4) is 0 Å². The largest absolute Gasteiger partial charge is 0.310 e. The Balaban J connectivity index is 2.29. The molecular formula is C17H24FN3. The van der Waals surface area contributed by atoms with Crippen LogP contribution in [-0.2, 0) is 13.5 Å². The molecule has 1 atom stereocenters. The van der Waals surface area contributed by atoms with Crippen molar-refractivity contribution < 1.29 is 4.39 Å². The molecule has 0 amide bonds. The maximum Gasteiger partial charge on any atom is 0.128 e. The Labute approximate surface area is 126 Å². The Morgan fingerprint density at radius 3 is 2.67 bits per heavy atom. The third-order valence-corrected chi connectivity index (χ3v) is 3.68. The first-order valence-corrected chi connectivity index (χ1v) is 7.50. The number of hydrogen-bond donors (Lipinski definition) is 1. The first-order valence-electron chi connectivity index (χ1n) is 7.50. The minimum Gasteiger partial charge on any atom is -0.310 e. The van der Waals surface area contributed by atoms with E-state index in [1.807, 2.05) is 37.7 Å². The Kier molecular flexibility index (Phi) is 5.12. The summed E-state index contributed by atoms with van der Waals surface area (Å²) in [5, 5.41) is 7.83. The molecule has 1 unspecified atom stereocenters. The zero-order valence-corrected chi connectivity index (χ0v) is 13.3. The lowest BCUT2D eigenvalue weighted by atomic mass is 9.99. The summed E-state index contributed by atoms with van der Waals surface area (Å²) in [5.41, 5.74) is 3.92. The summed E-state index contributed by atoms with van der Waals surface area (Å²) in [6, 6.07) is 7.34. The van der Waals surface area contributed by atoms with E-state index < -0.39 is 0 Å². The molecule has 0 bridgehead atoms. The third kappa shape index (κ3) is 3.91. The van der Waals surface area contributed by atoms with Crippen molar-refractivity contribution in [2.45, 2.75) is 39.7 Å². The Hall–Kier alpha value is -1.68. The van der Waals surface area contributed by atoms with Gasteiger partial charge in [0, 0.05) is 30.8 Å². The minimum atomic E-state index is -0.145. The number of hydrogen-bond acceptors (Lipinski definition) is 2. The minimum absolute atomic E-state index is 0.0281. The van der Waals surface area contributed by atoms with Crippen LogP contribution in [0.1, 0.15) is 41.9 Å². The molecule has 0 aliphatic carbocycles. The van der Waals surface area contributed by atoms with Gasteiger partial charge in [-0.2, -0.15) is 5.10 Å². The van der Waals surface area contributed by atoms with Crippen LogP contribution in [0.25, 0.3) is 0 Å². The van der Waals surface area contributed by atoms with Gasteiger partial charge in [0.15, 0.2) is 0 Å². The number of rotatable bonds is 6. The highest BCUT2D eigenvalue weighted by Crippen LogP contribution is 2.23. The molecule has 2 rings (SSSR count). The van der Waals surface area contributed by atoms with Gasteiger partial charge in [0.05, 0.1) is 5.69 Å². The fourth-order valence-corrected chi connectivity index (χ4v) is 2.61. The smallest absolute Gasteiger partial charge is 0.128 e. The average Bonchev–Trinajstić information content (AvgIpc) is 2.75. The molecule has 0 radical (unpaired) electrons. The molecule has 3 nitrogen and oxygen atoms in total. The normalized spacial score (nSPS) is 12.6. The second-order valence-corrected chi connectivity index (χ2v) is 5.64. The molecule has 0 saturated heterocycles. The summed E-state index contributed by atoms with van der Waals surface area (Å²) in [5.74, 6) is -0.145. The molecule has 0 saturated carbocycles. The van der Waals surface area contributed by atoms with Crippen LogP contribution in [0.4, 0.5) is 4.39 Å². The lowest BCUT2D eigenvalue weighted by Gasteiger charge is -2.20. The van der Waals surface area contributed by atoms with Gasteiger partial charge in [-0.15, -0.1) is 0 Å². The zero-order chi connectivity index (χ0) is 15.4. The van der Waals surface area contributed by atoms with E-state index in [4.69, 9.17) is 0 Å². The molecule has 1 aromatic carbocycles. The van der Waals surface area contributed by atoms with Crippen molar-refractivity contribution in [1.82, 2.24) is 15.1 Å². The zero-order valence-electron chi connectivity index (χ0n) is 13.3. The van der Waals surface area contributed by atoms with E-state index in [-0.39, 0.29) is 11.9 Å². The monoisotopic (exact) mass is 289 g/mol. The lowest BCUT2D eigenvalue weighted by Crippen LogP contribution is -2.26. The molecule has 2 aromatic rings. The summed E-state index contributed by atoms with van der Waals surface area (Å²) in [4.78, 5) is 0. The third-order valence-electron chi connectivity index (χ3n) is 3.68. The molecule has 21 heavy (non-hydrogen) atoms. The van der Waals surface area contributed by atoms with Crippen molar-refractivity contribution in [2.75, 3.05) is 6.54 Å². The van der Waals surface area contributed by atoms with Gasteiger partial charge in [0.25, 0.3) is 0 Å². The van der Waals surface area contributed by atoms with E-state index in [1.54, 1.807) is 6.07 Å². The summed E-state index contributed by atoms with van der Waals surface area (Å²) >= 11 is 0. The molecule has 1 N–H and O–H groups in total. The number of nitrogens with one attached hydrogen (secondary N) is 1. The highest BCUT2D eigenvalue weighted by molar-refractivity contribution is 5.28. The first kappa shape index (κ1) is 15.7. The van der Waals surface area contributed by atoms with Gasteiger partial charge < -0.3 is 5.32 Å². The van der Waals surface area contributed by atoms with Gasteiger partial charge in [-0.1, -0.05) is 24.6 Å². The van der Waals surface area contributed by atoms with Gasteiger partial charge in [-0.05, 0) is 38.9 Å². The first-order chi connectivity index (χ1) is 10.0. The van der Waals surface area contributed by atoms with E-state index in [2.05, 4.69) is 23.4 Å². The number of benzene rings is 1. The molecule has 1 heterocycles. The summed E-state index contributed by atoms with van der Waals surface area (Å²) in [6.45, 7) is 6.96. The van der Waals surface area contributed by atoms with E-state index in [9.17, 15) is 4.39 Å². The molecule has 0 spiro atoms. The van der Waals surface area contributed by atoms with Crippen LogP contribution in [0.3, 0.4) is 0 Å².